The van der Waals surface area contributed by atoms with Crippen molar-refractivity contribution in [2.24, 2.45) is 0 Å². The van der Waals surface area contributed by atoms with E-state index in [-0.39, 0.29) is 18.1 Å². The summed E-state index contributed by atoms with van der Waals surface area (Å²) < 4.78 is 29.6. The van der Waals surface area contributed by atoms with E-state index in [9.17, 15) is 13.2 Å². The summed E-state index contributed by atoms with van der Waals surface area (Å²) >= 11 is 0. The Hall–Kier alpha value is -1.40. The molecule has 1 N–H and O–H groups in total. The van der Waals surface area contributed by atoms with Gasteiger partial charge in [-0.1, -0.05) is 12.1 Å². The fourth-order valence-corrected chi connectivity index (χ4v) is 1.80. The molecule has 0 aliphatic carbocycles. The molecule has 0 saturated carbocycles. The molecule has 0 bridgehead atoms. The van der Waals surface area contributed by atoms with Crippen molar-refractivity contribution in [2.75, 3.05) is 19.4 Å². The lowest BCUT2D eigenvalue weighted by molar-refractivity contribution is 0.0994. The Morgan fingerprint density at radius 1 is 1.35 bits per heavy atom. The Morgan fingerprint density at radius 2 is 2.00 bits per heavy atom. The average Bonchev–Trinajstić information content (AvgIpc) is 2.36. The molecule has 1 aromatic rings. The monoisotopic (exact) mass is 257 g/mol. The SMILES string of the molecule is CCS(=O)(=O)NCC(=O)c1ccccc1OC. The van der Waals surface area contributed by atoms with Crippen molar-refractivity contribution in [3.05, 3.63) is 29.8 Å². The smallest absolute Gasteiger partial charge is 0.211 e. The topological polar surface area (TPSA) is 72.5 Å². The summed E-state index contributed by atoms with van der Waals surface area (Å²) in [6.07, 6.45) is 0. The summed E-state index contributed by atoms with van der Waals surface area (Å²) in [5.41, 5.74) is 0.369. The maximum Gasteiger partial charge on any atom is 0.211 e. The maximum atomic E-state index is 11.8. The maximum absolute atomic E-state index is 11.8. The fraction of sp³-hybridized carbons (Fsp3) is 0.364. The third kappa shape index (κ3) is 3.83. The van der Waals surface area contributed by atoms with E-state index in [0.717, 1.165) is 0 Å². The van der Waals surface area contributed by atoms with E-state index in [1.165, 1.54) is 14.0 Å². The first kappa shape index (κ1) is 13.7. The normalized spacial score (nSPS) is 11.2. The average molecular weight is 257 g/mol. The largest absolute Gasteiger partial charge is 0.496 e. The molecule has 6 heteroatoms. The van der Waals surface area contributed by atoms with E-state index in [1.807, 2.05) is 0 Å². The molecular weight excluding hydrogens is 242 g/mol. The van der Waals surface area contributed by atoms with Gasteiger partial charge in [0.15, 0.2) is 5.78 Å². The molecule has 0 fully saturated rings. The number of carbonyl (C=O) groups excluding carboxylic acids is 1. The lowest BCUT2D eigenvalue weighted by Gasteiger charge is -2.07. The molecule has 0 radical (unpaired) electrons. The Kier molecular flexibility index (Phi) is 4.65. The number of carbonyl (C=O) groups is 1. The van der Waals surface area contributed by atoms with Gasteiger partial charge in [-0.2, -0.15) is 0 Å². The highest BCUT2D eigenvalue weighted by Gasteiger charge is 2.14. The number of para-hydroxylation sites is 1. The van der Waals surface area contributed by atoms with Crippen molar-refractivity contribution in [1.29, 1.82) is 0 Å². The first-order chi connectivity index (χ1) is 8.00. The Labute approximate surface area is 101 Å². The van der Waals surface area contributed by atoms with E-state index < -0.39 is 10.0 Å². The van der Waals surface area contributed by atoms with Gasteiger partial charge in [0.2, 0.25) is 10.0 Å². The number of ether oxygens (including phenoxy) is 1. The predicted octanol–water partition coefficient (Wildman–Crippen LogP) is 0.817. The predicted molar refractivity (Wildman–Crippen MR) is 64.8 cm³/mol. The highest BCUT2D eigenvalue weighted by molar-refractivity contribution is 7.89. The Balaban J connectivity index is 2.77. The van der Waals surface area contributed by atoms with Gasteiger partial charge in [-0.05, 0) is 19.1 Å². The molecular formula is C11H15NO4S. The lowest BCUT2D eigenvalue weighted by atomic mass is 10.1. The minimum absolute atomic E-state index is 0.0494. The van der Waals surface area contributed by atoms with Crippen LogP contribution in [0.5, 0.6) is 5.75 Å². The summed E-state index contributed by atoms with van der Waals surface area (Å²) in [5, 5.41) is 0. The number of hydrogen-bond donors (Lipinski definition) is 1. The van der Waals surface area contributed by atoms with Crippen LogP contribution < -0.4 is 9.46 Å². The third-order valence-corrected chi connectivity index (χ3v) is 3.58. The van der Waals surface area contributed by atoms with Crippen molar-refractivity contribution in [3.63, 3.8) is 0 Å². The van der Waals surface area contributed by atoms with Gasteiger partial charge in [-0.3, -0.25) is 4.79 Å². The van der Waals surface area contributed by atoms with Crippen molar-refractivity contribution < 1.29 is 17.9 Å². The molecule has 0 spiro atoms. The van der Waals surface area contributed by atoms with Crippen molar-refractivity contribution >= 4 is 15.8 Å². The molecule has 94 valence electrons. The van der Waals surface area contributed by atoms with Crippen LogP contribution in [0.25, 0.3) is 0 Å². The quantitative estimate of drug-likeness (QED) is 0.766. The van der Waals surface area contributed by atoms with Gasteiger partial charge in [-0.25, -0.2) is 13.1 Å². The molecule has 0 saturated heterocycles. The minimum Gasteiger partial charge on any atom is -0.496 e. The summed E-state index contributed by atoms with van der Waals surface area (Å²) in [6.45, 7) is 1.26. The van der Waals surface area contributed by atoms with Gasteiger partial charge in [0, 0.05) is 0 Å². The van der Waals surface area contributed by atoms with Crippen LogP contribution >= 0.6 is 0 Å². The van der Waals surface area contributed by atoms with Crippen LogP contribution in [0.3, 0.4) is 0 Å². The van der Waals surface area contributed by atoms with E-state index >= 15 is 0 Å². The zero-order valence-electron chi connectivity index (χ0n) is 9.76. The van der Waals surface area contributed by atoms with Crippen molar-refractivity contribution in [1.82, 2.24) is 4.72 Å². The number of rotatable bonds is 6. The molecule has 17 heavy (non-hydrogen) atoms. The fourth-order valence-electron chi connectivity index (χ4n) is 1.25. The first-order valence-electron chi connectivity index (χ1n) is 5.13. The van der Waals surface area contributed by atoms with Gasteiger partial charge < -0.3 is 4.74 Å². The molecule has 0 atom stereocenters. The van der Waals surface area contributed by atoms with Crippen molar-refractivity contribution in [2.45, 2.75) is 6.92 Å². The minimum atomic E-state index is -3.35. The number of Topliss-reactive ketones (excluding diaryl/α,β-unsaturated/α-hetero) is 1. The van der Waals surface area contributed by atoms with Gasteiger partial charge in [0.25, 0.3) is 0 Å². The molecule has 1 rings (SSSR count). The number of benzene rings is 1. The molecule has 0 aliphatic rings. The van der Waals surface area contributed by atoms with Crippen LogP contribution in [0.1, 0.15) is 17.3 Å². The number of sulfonamides is 1. The van der Waals surface area contributed by atoms with Crippen LogP contribution in [0.4, 0.5) is 0 Å². The zero-order chi connectivity index (χ0) is 12.9. The standard InChI is InChI=1S/C11H15NO4S/c1-3-17(14,15)12-8-10(13)9-6-4-5-7-11(9)16-2/h4-7,12H,3,8H2,1-2H3. The van der Waals surface area contributed by atoms with Crippen LogP contribution in [-0.2, 0) is 10.0 Å². The van der Waals surface area contributed by atoms with Crippen LogP contribution in [0.2, 0.25) is 0 Å². The highest BCUT2D eigenvalue weighted by Crippen LogP contribution is 2.17. The van der Waals surface area contributed by atoms with Gasteiger partial charge in [-0.15, -0.1) is 0 Å². The second-order valence-electron chi connectivity index (χ2n) is 3.35. The van der Waals surface area contributed by atoms with E-state index in [0.29, 0.717) is 11.3 Å². The summed E-state index contributed by atoms with van der Waals surface area (Å²) in [6, 6.07) is 6.69. The Morgan fingerprint density at radius 3 is 2.59 bits per heavy atom. The van der Waals surface area contributed by atoms with E-state index in [2.05, 4.69) is 4.72 Å². The van der Waals surface area contributed by atoms with Crippen LogP contribution in [-0.4, -0.2) is 33.6 Å². The molecule has 0 unspecified atom stereocenters. The molecule has 0 heterocycles. The van der Waals surface area contributed by atoms with Gasteiger partial charge >= 0.3 is 0 Å². The van der Waals surface area contributed by atoms with Crippen molar-refractivity contribution in [3.8, 4) is 5.75 Å². The highest BCUT2D eigenvalue weighted by atomic mass is 32.2. The number of ketones is 1. The zero-order valence-corrected chi connectivity index (χ0v) is 10.6. The summed E-state index contributed by atoms with van der Waals surface area (Å²) in [7, 11) is -1.89. The summed E-state index contributed by atoms with van der Waals surface area (Å²) in [4.78, 5) is 11.8. The second kappa shape index (κ2) is 5.79. The third-order valence-electron chi connectivity index (χ3n) is 2.24. The van der Waals surface area contributed by atoms with E-state index in [4.69, 9.17) is 4.74 Å². The number of hydrogen-bond acceptors (Lipinski definition) is 4. The second-order valence-corrected chi connectivity index (χ2v) is 5.44. The number of methoxy groups -OCH3 is 1. The molecule has 0 aromatic heterocycles. The molecule has 5 nitrogen and oxygen atoms in total. The lowest BCUT2D eigenvalue weighted by Crippen LogP contribution is -2.30. The van der Waals surface area contributed by atoms with E-state index in [1.54, 1.807) is 24.3 Å². The molecule has 0 aliphatic heterocycles. The van der Waals surface area contributed by atoms with Gasteiger partial charge in [0.05, 0.1) is 25.0 Å². The number of nitrogens with one attached hydrogen (secondary N) is 1. The first-order valence-corrected chi connectivity index (χ1v) is 6.79. The van der Waals surface area contributed by atoms with Gasteiger partial charge in [0.1, 0.15) is 5.75 Å². The molecule has 1 aromatic carbocycles. The van der Waals surface area contributed by atoms with Crippen LogP contribution in [0, 0.1) is 0 Å². The van der Waals surface area contributed by atoms with Crippen LogP contribution in [0.15, 0.2) is 24.3 Å². The summed E-state index contributed by atoms with van der Waals surface area (Å²) in [5.74, 6) is 0.0688. The molecule has 0 amide bonds. The Bertz CT molecular complexity index is 496.